The molecule has 0 spiro atoms. The van der Waals surface area contributed by atoms with Crippen LogP contribution in [0.25, 0.3) is 0 Å². The van der Waals surface area contributed by atoms with Crippen molar-refractivity contribution in [3.8, 4) is 5.75 Å². The first-order chi connectivity index (χ1) is 14.8. The van der Waals surface area contributed by atoms with E-state index in [1.54, 1.807) is 17.0 Å². The van der Waals surface area contributed by atoms with Crippen molar-refractivity contribution in [1.82, 2.24) is 9.21 Å². The topological polar surface area (TPSA) is 76.2 Å². The van der Waals surface area contributed by atoms with Crippen molar-refractivity contribution in [1.29, 1.82) is 0 Å². The van der Waals surface area contributed by atoms with Gasteiger partial charge in [0.25, 0.3) is 5.91 Å². The Balaban J connectivity index is 1.49. The summed E-state index contributed by atoms with van der Waals surface area (Å²) in [5.74, 6) is 0.674. The fourth-order valence-electron chi connectivity index (χ4n) is 3.30. The van der Waals surface area contributed by atoms with Gasteiger partial charge in [-0.2, -0.15) is 4.31 Å². The summed E-state index contributed by atoms with van der Waals surface area (Å²) in [4.78, 5) is 14.5. The number of rotatable bonds is 9. The Hall–Kier alpha value is -2.42. The van der Waals surface area contributed by atoms with Crippen LogP contribution in [-0.4, -0.2) is 68.2 Å². The van der Waals surface area contributed by atoms with Crippen LogP contribution in [0, 0.1) is 0 Å². The number of ether oxygens (including phenoxy) is 2. The predicted molar refractivity (Wildman–Crippen MR) is 120 cm³/mol. The van der Waals surface area contributed by atoms with Crippen molar-refractivity contribution in [3.63, 3.8) is 0 Å². The van der Waals surface area contributed by atoms with Gasteiger partial charge in [0.2, 0.25) is 10.0 Å². The summed E-state index contributed by atoms with van der Waals surface area (Å²) in [6.07, 6.45) is 0.000887. The highest BCUT2D eigenvalue weighted by Gasteiger charge is 2.29. The van der Waals surface area contributed by atoms with Gasteiger partial charge in [0, 0.05) is 31.7 Å². The zero-order valence-electron chi connectivity index (χ0n) is 18.1. The van der Waals surface area contributed by atoms with Crippen molar-refractivity contribution in [2.24, 2.45) is 0 Å². The highest BCUT2D eigenvalue weighted by Crippen LogP contribution is 2.15. The second-order valence-corrected chi connectivity index (χ2v) is 9.81. The van der Waals surface area contributed by atoms with Crippen LogP contribution in [-0.2, 0) is 21.4 Å². The van der Waals surface area contributed by atoms with E-state index in [4.69, 9.17) is 9.47 Å². The summed E-state index contributed by atoms with van der Waals surface area (Å²) in [7, 11) is -3.37. The molecular formula is C23H30N2O5S. The molecular weight excluding hydrogens is 416 g/mol. The van der Waals surface area contributed by atoms with E-state index in [2.05, 4.69) is 0 Å². The number of hydrogen-bond donors (Lipinski definition) is 0. The highest BCUT2D eigenvalue weighted by molar-refractivity contribution is 7.89. The predicted octanol–water partition coefficient (Wildman–Crippen LogP) is 2.78. The molecule has 0 radical (unpaired) electrons. The summed E-state index contributed by atoms with van der Waals surface area (Å²) < 4.78 is 37.4. The van der Waals surface area contributed by atoms with Crippen molar-refractivity contribution in [3.05, 3.63) is 65.7 Å². The van der Waals surface area contributed by atoms with Crippen LogP contribution in [0.3, 0.4) is 0 Å². The van der Waals surface area contributed by atoms with Crippen LogP contribution in [0.15, 0.2) is 54.6 Å². The maximum Gasteiger partial charge on any atom is 0.253 e. The number of sulfonamides is 1. The van der Waals surface area contributed by atoms with Crippen LogP contribution in [0.2, 0.25) is 0 Å². The largest absolute Gasteiger partial charge is 0.489 e. The van der Waals surface area contributed by atoms with E-state index in [1.807, 2.05) is 56.3 Å². The van der Waals surface area contributed by atoms with Gasteiger partial charge in [-0.25, -0.2) is 8.42 Å². The molecule has 1 amide bonds. The summed E-state index contributed by atoms with van der Waals surface area (Å²) in [6.45, 7) is 5.72. The van der Waals surface area contributed by atoms with Crippen LogP contribution in [0.1, 0.15) is 29.8 Å². The number of carbonyl (C=O) groups excluding carboxylic acids is 1. The Morgan fingerprint density at radius 2 is 1.61 bits per heavy atom. The molecule has 0 aromatic heterocycles. The van der Waals surface area contributed by atoms with E-state index in [9.17, 15) is 13.2 Å². The van der Waals surface area contributed by atoms with Crippen molar-refractivity contribution in [2.75, 3.05) is 38.5 Å². The Morgan fingerprint density at radius 3 is 2.23 bits per heavy atom. The van der Waals surface area contributed by atoms with Gasteiger partial charge in [-0.15, -0.1) is 0 Å². The zero-order chi connectivity index (χ0) is 22.3. The Kier molecular flexibility index (Phi) is 8.06. The number of piperazine rings is 1. The molecule has 1 saturated heterocycles. The first-order valence-electron chi connectivity index (χ1n) is 10.5. The molecule has 168 valence electrons. The molecule has 0 aliphatic carbocycles. The maximum absolute atomic E-state index is 12.8. The van der Waals surface area contributed by atoms with Crippen LogP contribution in [0.5, 0.6) is 5.75 Å². The quantitative estimate of drug-likeness (QED) is 0.592. The summed E-state index contributed by atoms with van der Waals surface area (Å²) >= 11 is 0. The van der Waals surface area contributed by atoms with Crippen molar-refractivity contribution >= 4 is 15.9 Å². The van der Waals surface area contributed by atoms with Crippen molar-refractivity contribution in [2.45, 2.75) is 26.6 Å². The monoisotopic (exact) mass is 446 g/mol. The van der Waals surface area contributed by atoms with Gasteiger partial charge >= 0.3 is 0 Å². The van der Waals surface area contributed by atoms with Gasteiger partial charge in [0.1, 0.15) is 12.4 Å². The zero-order valence-corrected chi connectivity index (χ0v) is 18.9. The SMILES string of the molecule is CC(C)OCCS(=O)(=O)N1CCN(C(=O)c2ccc(COc3ccccc3)cc2)CC1. The fourth-order valence-corrected chi connectivity index (χ4v) is 4.58. The smallest absolute Gasteiger partial charge is 0.253 e. The van der Waals surface area contributed by atoms with Crippen LogP contribution < -0.4 is 4.74 Å². The lowest BCUT2D eigenvalue weighted by Crippen LogP contribution is -2.51. The Morgan fingerprint density at radius 1 is 0.968 bits per heavy atom. The van der Waals surface area contributed by atoms with Crippen LogP contribution >= 0.6 is 0 Å². The molecule has 0 atom stereocenters. The molecule has 8 heteroatoms. The number of para-hydroxylation sites is 1. The third-order valence-electron chi connectivity index (χ3n) is 5.06. The summed E-state index contributed by atoms with van der Waals surface area (Å²) in [5, 5.41) is 0. The molecule has 1 aliphatic rings. The molecule has 2 aromatic carbocycles. The molecule has 0 bridgehead atoms. The lowest BCUT2D eigenvalue weighted by molar-refractivity contribution is 0.0693. The molecule has 1 heterocycles. The third-order valence-corrected chi connectivity index (χ3v) is 6.90. The van der Waals surface area contributed by atoms with Gasteiger partial charge in [-0.3, -0.25) is 4.79 Å². The molecule has 1 aliphatic heterocycles. The molecule has 0 N–H and O–H groups in total. The lowest BCUT2D eigenvalue weighted by Gasteiger charge is -2.34. The van der Waals surface area contributed by atoms with E-state index in [0.29, 0.717) is 38.3 Å². The van der Waals surface area contributed by atoms with E-state index >= 15 is 0 Å². The first kappa shape index (κ1) is 23.2. The second kappa shape index (κ2) is 10.7. The average Bonchev–Trinajstić information content (AvgIpc) is 2.78. The number of benzene rings is 2. The minimum Gasteiger partial charge on any atom is -0.489 e. The number of nitrogens with zero attached hydrogens (tertiary/aromatic N) is 2. The van der Waals surface area contributed by atoms with Gasteiger partial charge in [0.15, 0.2) is 0 Å². The number of carbonyl (C=O) groups is 1. The van der Waals surface area contributed by atoms with Crippen molar-refractivity contribution < 1.29 is 22.7 Å². The van der Waals surface area contributed by atoms with E-state index in [1.165, 1.54) is 4.31 Å². The average molecular weight is 447 g/mol. The number of hydrogen-bond acceptors (Lipinski definition) is 5. The summed E-state index contributed by atoms with van der Waals surface area (Å²) in [6, 6.07) is 16.9. The Labute approximate surface area is 184 Å². The molecule has 1 fully saturated rings. The summed E-state index contributed by atoms with van der Waals surface area (Å²) in [5.41, 5.74) is 1.56. The molecule has 7 nitrogen and oxygen atoms in total. The van der Waals surface area contributed by atoms with E-state index in [0.717, 1.165) is 11.3 Å². The van der Waals surface area contributed by atoms with Gasteiger partial charge in [-0.05, 0) is 43.7 Å². The third kappa shape index (κ3) is 6.78. The van der Waals surface area contributed by atoms with E-state index in [-0.39, 0.29) is 24.4 Å². The normalized spacial score (nSPS) is 15.3. The Bertz CT molecular complexity index is 938. The van der Waals surface area contributed by atoms with E-state index < -0.39 is 10.0 Å². The lowest BCUT2D eigenvalue weighted by atomic mass is 10.1. The minimum atomic E-state index is -3.37. The van der Waals surface area contributed by atoms with Gasteiger partial charge < -0.3 is 14.4 Å². The van der Waals surface area contributed by atoms with Gasteiger partial charge in [0.05, 0.1) is 18.5 Å². The second-order valence-electron chi connectivity index (χ2n) is 7.73. The molecule has 31 heavy (non-hydrogen) atoms. The molecule has 3 rings (SSSR count). The molecule has 2 aromatic rings. The first-order valence-corrected chi connectivity index (χ1v) is 12.1. The highest BCUT2D eigenvalue weighted by atomic mass is 32.2. The number of amides is 1. The molecule has 0 saturated carbocycles. The standard InChI is InChI=1S/C23H30N2O5S/c1-19(2)29-16-17-31(27,28)25-14-12-24(13-15-25)23(26)21-10-8-20(9-11-21)18-30-22-6-4-3-5-7-22/h3-11,19H,12-18H2,1-2H3. The van der Waals surface area contributed by atoms with Gasteiger partial charge in [-0.1, -0.05) is 30.3 Å². The molecule has 0 unspecified atom stereocenters. The fraction of sp³-hybridized carbons (Fsp3) is 0.435. The minimum absolute atomic E-state index is 0.000887. The maximum atomic E-state index is 12.8. The van der Waals surface area contributed by atoms with Crippen LogP contribution in [0.4, 0.5) is 0 Å².